The van der Waals surface area contributed by atoms with Crippen LogP contribution in [0.2, 0.25) is 0 Å². The second kappa shape index (κ2) is 7.92. The van der Waals surface area contributed by atoms with E-state index in [4.69, 9.17) is 9.15 Å². The average Bonchev–Trinajstić information content (AvgIpc) is 3.05. The molecule has 1 aromatic carbocycles. The summed E-state index contributed by atoms with van der Waals surface area (Å²) in [5, 5.41) is 18.4. The van der Waals surface area contributed by atoms with E-state index in [9.17, 15) is 9.90 Å². The number of thioether (sulfide) groups is 1. The first-order valence-electron chi connectivity index (χ1n) is 7.75. The number of aromatic nitrogens is 3. The molecule has 2 heterocycles. The molecule has 1 N–H and O–H groups in total. The minimum absolute atomic E-state index is 0.372. The van der Waals surface area contributed by atoms with Crippen molar-refractivity contribution in [3.8, 4) is 22.9 Å². The molecular formula is C18H17N3O4S. The Balaban J connectivity index is 1.90. The minimum atomic E-state index is -0.478. The lowest BCUT2D eigenvalue weighted by Crippen LogP contribution is -2.02. The summed E-state index contributed by atoms with van der Waals surface area (Å²) < 4.78 is 12.5. The van der Waals surface area contributed by atoms with E-state index in [1.54, 1.807) is 13.2 Å². The summed E-state index contributed by atoms with van der Waals surface area (Å²) in [6.07, 6.45) is 2.79. The van der Waals surface area contributed by atoms with Gasteiger partial charge in [0.1, 0.15) is 17.8 Å². The normalized spacial score (nSPS) is 10.7. The van der Waals surface area contributed by atoms with Crippen LogP contribution < -0.4 is 10.2 Å². The number of rotatable bonds is 7. The Labute approximate surface area is 154 Å². The number of ether oxygens (including phenoxy) is 1. The quantitative estimate of drug-likeness (QED) is 0.504. The summed E-state index contributed by atoms with van der Waals surface area (Å²) >= 11 is 1.37. The fraction of sp³-hybridized carbons (Fsp3) is 0.167. The SMILES string of the molecule is C=CCn1c(SCc2cc(=O)c(O)co2)nnc1-c1ccccc1OC. The lowest BCUT2D eigenvalue weighted by molar-refractivity contribution is 0.416. The summed E-state index contributed by atoms with van der Waals surface area (Å²) in [5.41, 5.74) is 0.349. The Morgan fingerprint density at radius 3 is 2.92 bits per heavy atom. The lowest BCUT2D eigenvalue weighted by Gasteiger charge is -2.10. The van der Waals surface area contributed by atoms with Crippen molar-refractivity contribution < 1.29 is 14.3 Å². The number of hydrogen-bond donors (Lipinski definition) is 1. The highest BCUT2D eigenvalue weighted by Crippen LogP contribution is 2.31. The molecule has 0 aliphatic heterocycles. The first-order chi connectivity index (χ1) is 12.6. The van der Waals surface area contributed by atoms with E-state index in [0.717, 1.165) is 11.8 Å². The molecule has 3 rings (SSSR count). The molecule has 26 heavy (non-hydrogen) atoms. The van der Waals surface area contributed by atoms with Crippen molar-refractivity contribution in [1.82, 2.24) is 14.8 Å². The summed E-state index contributed by atoms with van der Waals surface area (Å²) in [6.45, 7) is 4.31. The van der Waals surface area contributed by atoms with Crippen LogP contribution in [0, 0.1) is 0 Å². The van der Waals surface area contributed by atoms with Gasteiger partial charge >= 0.3 is 0 Å². The second-order valence-electron chi connectivity index (χ2n) is 5.29. The van der Waals surface area contributed by atoms with Crippen molar-refractivity contribution >= 4 is 11.8 Å². The van der Waals surface area contributed by atoms with Crippen LogP contribution in [-0.4, -0.2) is 27.0 Å². The van der Waals surface area contributed by atoms with Gasteiger partial charge in [0.25, 0.3) is 0 Å². The van der Waals surface area contributed by atoms with Gasteiger partial charge in [-0.05, 0) is 12.1 Å². The summed E-state index contributed by atoms with van der Waals surface area (Å²) in [4.78, 5) is 11.5. The van der Waals surface area contributed by atoms with Gasteiger partial charge in [0.05, 0.1) is 18.4 Å². The summed E-state index contributed by atoms with van der Waals surface area (Å²) in [7, 11) is 1.61. The molecule has 0 bridgehead atoms. The molecule has 0 radical (unpaired) electrons. The maximum Gasteiger partial charge on any atom is 0.226 e. The number of nitrogens with zero attached hydrogens (tertiary/aromatic N) is 3. The van der Waals surface area contributed by atoms with Crippen LogP contribution in [0.25, 0.3) is 11.4 Å². The van der Waals surface area contributed by atoms with Gasteiger partial charge in [0.15, 0.2) is 16.7 Å². The molecule has 0 unspecified atom stereocenters. The fourth-order valence-electron chi connectivity index (χ4n) is 2.37. The van der Waals surface area contributed by atoms with E-state index >= 15 is 0 Å². The third kappa shape index (κ3) is 3.65. The van der Waals surface area contributed by atoms with E-state index < -0.39 is 11.2 Å². The van der Waals surface area contributed by atoms with Crippen molar-refractivity contribution in [2.75, 3.05) is 7.11 Å². The minimum Gasteiger partial charge on any atom is -0.502 e. The number of hydrogen-bond acceptors (Lipinski definition) is 7. The van der Waals surface area contributed by atoms with E-state index in [0.29, 0.717) is 34.8 Å². The standard InChI is InChI=1S/C18H17N3O4S/c1-3-8-21-17(13-6-4-5-7-16(13)24-2)19-20-18(21)26-11-12-9-14(22)15(23)10-25-12/h3-7,9-10,23H,1,8,11H2,2H3. The van der Waals surface area contributed by atoms with Crippen molar-refractivity contribution in [2.24, 2.45) is 0 Å². The molecule has 134 valence electrons. The predicted molar refractivity (Wildman–Crippen MR) is 98.4 cm³/mol. The fourth-order valence-corrected chi connectivity index (χ4v) is 3.21. The number of allylic oxidation sites excluding steroid dienone is 1. The third-order valence-electron chi connectivity index (χ3n) is 3.59. The first kappa shape index (κ1) is 17.8. The lowest BCUT2D eigenvalue weighted by atomic mass is 10.2. The van der Waals surface area contributed by atoms with Crippen LogP contribution in [0.1, 0.15) is 5.76 Å². The van der Waals surface area contributed by atoms with Gasteiger partial charge in [-0.2, -0.15) is 0 Å². The van der Waals surface area contributed by atoms with Crippen LogP contribution in [0.3, 0.4) is 0 Å². The van der Waals surface area contributed by atoms with Gasteiger partial charge in [0.2, 0.25) is 5.43 Å². The highest BCUT2D eigenvalue weighted by molar-refractivity contribution is 7.98. The highest BCUT2D eigenvalue weighted by atomic mass is 32.2. The highest BCUT2D eigenvalue weighted by Gasteiger charge is 2.17. The third-order valence-corrected chi connectivity index (χ3v) is 4.58. The number of benzene rings is 1. The van der Waals surface area contributed by atoms with Crippen LogP contribution in [0.15, 0.2) is 63.6 Å². The zero-order valence-electron chi connectivity index (χ0n) is 14.1. The Morgan fingerprint density at radius 2 is 2.19 bits per heavy atom. The maximum atomic E-state index is 11.5. The van der Waals surface area contributed by atoms with Gasteiger partial charge in [-0.25, -0.2) is 0 Å². The molecule has 0 aliphatic carbocycles. The Hall–Kier alpha value is -3.00. The Kier molecular flexibility index (Phi) is 5.43. The van der Waals surface area contributed by atoms with Gasteiger partial charge in [-0.15, -0.1) is 16.8 Å². The topological polar surface area (TPSA) is 90.4 Å². The second-order valence-corrected chi connectivity index (χ2v) is 6.23. The molecule has 0 saturated carbocycles. The van der Waals surface area contributed by atoms with Crippen molar-refractivity contribution in [1.29, 1.82) is 0 Å². The molecule has 2 aromatic heterocycles. The molecule has 0 atom stereocenters. The Morgan fingerprint density at radius 1 is 1.38 bits per heavy atom. The first-order valence-corrected chi connectivity index (χ1v) is 8.73. The molecule has 0 saturated heterocycles. The average molecular weight is 371 g/mol. The van der Waals surface area contributed by atoms with Crippen LogP contribution in [0.4, 0.5) is 0 Å². The molecule has 7 nitrogen and oxygen atoms in total. The van der Waals surface area contributed by atoms with E-state index in [2.05, 4.69) is 16.8 Å². The van der Waals surface area contributed by atoms with E-state index in [1.807, 2.05) is 28.8 Å². The van der Waals surface area contributed by atoms with Gasteiger partial charge < -0.3 is 14.3 Å². The molecule has 0 spiro atoms. The van der Waals surface area contributed by atoms with Crippen LogP contribution >= 0.6 is 11.8 Å². The number of methoxy groups -OCH3 is 1. The van der Waals surface area contributed by atoms with E-state index in [1.165, 1.54) is 17.8 Å². The molecule has 0 fully saturated rings. The molecule has 0 amide bonds. The van der Waals surface area contributed by atoms with Crippen LogP contribution in [-0.2, 0) is 12.3 Å². The van der Waals surface area contributed by atoms with Crippen molar-refractivity contribution in [3.05, 3.63) is 65.2 Å². The summed E-state index contributed by atoms with van der Waals surface area (Å²) in [6, 6.07) is 8.83. The van der Waals surface area contributed by atoms with Crippen LogP contribution in [0.5, 0.6) is 11.5 Å². The predicted octanol–water partition coefficient (Wildman–Crippen LogP) is 3.09. The van der Waals surface area contributed by atoms with E-state index in [-0.39, 0.29) is 0 Å². The smallest absolute Gasteiger partial charge is 0.226 e. The van der Waals surface area contributed by atoms with Gasteiger partial charge in [-0.1, -0.05) is 30.0 Å². The van der Waals surface area contributed by atoms with Gasteiger partial charge in [0, 0.05) is 12.6 Å². The zero-order chi connectivity index (χ0) is 18.5. The van der Waals surface area contributed by atoms with Gasteiger partial charge in [-0.3, -0.25) is 9.36 Å². The monoisotopic (exact) mass is 371 g/mol. The number of aromatic hydroxyl groups is 1. The summed E-state index contributed by atoms with van der Waals surface area (Å²) in [5.74, 6) is 1.76. The number of para-hydroxylation sites is 1. The van der Waals surface area contributed by atoms with Crippen molar-refractivity contribution in [2.45, 2.75) is 17.5 Å². The zero-order valence-corrected chi connectivity index (χ0v) is 14.9. The molecule has 8 heteroatoms. The molecular weight excluding hydrogens is 354 g/mol. The largest absolute Gasteiger partial charge is 0.502 e. The molecule has 3 aromatic rings. The molecule has 0 aliphatic rings. The maximum absolute atomic E-state index is 11.5. The Bertz CT molecular complexity index is 981. The van der Waals surface area contributed by atoms with Crippen molar-refractivity contribution in [3.63, 3.8) is 0 Å².